The number of hydrogen-bond acceptors (Lipinski definition) is 12. The Morgan fingerprint density at radius 1 is 0.887 bits per heavy atom. The zero-order chi connectivity index (χ0) is 44.6. The van der Waals surface area contributed by atoms with Gasteiger partial charge in [0.2, 0.25) is 0 Å². The number of aromatic amines is 1. The van der Waals surface area contributed by atoms with Gasteiger partial charge in [0.1, 0.15) is 0 Å². The standard InChI is InChI=1S/C46H54N5O9PTe/c1-31(2)51(32(3)4)50(28-14-27-47)61(55)60-41-40(59-43(49-29-33(5)42(52)48-44(49)53)46(41,54)62-39-17-12-9-13-18-39)30-58-45(34-15-10-8-11-16-34,35-19-23-37(56-6)24-20-35)36-21-25-38(57-7)26-22-36/h8-13,15-26,29,31-32,40-41,43,54-55H,14,28,30H2,1-7H3,(H,48,52,53)/t40-,41-,43-,46+,61?/m1/s1. The summed E-state index contributed by atoms with van der Waals surface area (Å²) >= 11 is -1.79. The van der Waals surface area contributed by atoms with Crippen LogP contribution in [0.25, 0.3) is 0 Å². The molecule has 1 fully saturated rings. The summed E-state index contributed by atoms with van der Waals surface area (Å²) in [6.45, 7) is 9.42. The normalized spacial score (nSPS) is 19.6. The Bertz CT molecular complexity index is 2320. The summed E-state index contributed by atoms with van der Waals surface area (Å²) < 4.78 is 33.8. The number of aliphatic hydroxyl groups is 1. The number of ether oxygens (including phenoxy) is 4. The van der Waals surface area contributed by atoms with Crippen LogP contribution in [0.5, 0.6) is 11.5 Å². The summed E-state index contributed by atoms with van der Waals surface area (Å²) in [5, 5.41) is 25.1. The topological polar surface area (TPSA) is 172 Å². The first-order valence-electron chi connectivity index (χ1n) is 20.3. The Morgan fingerprint density at radius 2 is 1.42 bits per heavy atom. The molecule has 3 N–H and O–H groups in total. The molecule has 0 bridgehead atoms. The van der Waals surface area contributed by atoms with Gasteiger partial charge in [-0.25, -0.2) is 0 Å². The van der Waals surface area contributed by atoms with Crippen LogP contribution in [0.1, 0.15) is 62.6 Å². The fourth-order valence-corrected chi connectivity index (χ4v) is 13.1. The van der Waals surface area contributed by atoms with Gasteiger partial charge in [-0.05, 0) is 0 Å². The Balaban J connectivity index is 1.55. The molecular formula is C46H54N5O9PTe. The number of aryl methyl sites for hydroxylation is 1. The van der Waals surface area contributed by atoms with Crippen LogP contribution < -0.4 is 24.3 Å². The molecule has 14 nitrogen and oxygen atoms in total. The van der Waals surface area contributed by atoms with Crippen LogP contribution in [0, 0.1) is 18.3 Å². The second-order valence-electron chi connectivity index (χ2n) is 15.3. The van der Waals surface area contributed by atoms with E-state index in [1.165, 1.54) is 10.8 Å². The van der Waals surface area contributed by atoms with Crippen LogP contribution in [-0.2, 0) is 19.6 Å². The molecule has 2 heterocycles. The molecule has 62 heavy (non-hydrogen) atoms. The van der Waals surface area contributed by atoms with Gasteiger partial charge in [-0.15, -0.1) is 0 Å². The second kappa shape index (κ2) is 20.8. The molecule has 5 atom stereocenters. The van der Waals surface area contributed by atoms with Gasteiger partial charge < -0.3 is 0 Å². The van der Waals surface area contributed by atoms with Crippen molar-refractivity contribution in [2.75, 3.05) is 27.4 Å². The molecule has 1 unspecified atom stereocenters. The quantitative estimate of drug-likeness (QED) is 0.0421. The predicted octanol–water partition coefficient (Wildman–Crippen LogP) is 5.34. The first kappa shape index (κ1) is 47.1. The van der Waals surface area contributed by atoms with Crippen LogP contribution >= 0.6 is 8.53 Å². The molecule has 5 aromatic rings. The molecule has 0 amide bonds. The van der Waals surface area contributed by atoms with Crippen molar-refractivity contribution < 1.29 is 33.5 Å². The number of H-pyrrole nitrogens is 1. The molecule has 16 heteroatoms. The van der Waals surface area contributed by atoms with E-state index in [4.69, 9.17) is 23.5 Å². The van der Waals surface area contributed by atoms with Gasteiger partial charge >= 0.3 is 375 Å². The van der Waals surface area contributed by atoms with Crippen molar-refractivity contribution in [3.8, 4) is 17.6 Å². The second-order valence-corrected chi connectivity index (χ2v) is 20.3. The average Bonchev–Trinajstić information content (AvgIpc) is 3.53. The molecular weight excluding hydrogens is 925 g/mol. The summed E-state index contributed by atoms with van der Waals surface area (Å²) in [6.07, 6.45) is -2.36. The summed E-state index contributed by atoms with van der Waals surface area (Å²) in [5.41, 5.74) is -0.154. The Kier molecular flexibility index (Phi) is 15.8. The van der Waals surface area contributed by atoms with Crippen LogP contribution in [0.3, 0.4) is 0 Å². The van der Waals surface area contributed by atoms with Crippen molar-refractivity contribution in [3.05, 3.63) is 158 Å². The summed E-state index contributed by atoms with van der Waals surface area (Å²) in [6, 6.07) is 36.2. The first-order chi connectivity index (χ1) is 29.8. The number of hydrazine groups is 1. The van der Waals surface area contributed by atoms with Gasteiger partial charge in [-0.2, -0.15) is 0 Å². The van der Waals surface area contributed by atoms with Gasteiger partial charge in [0.05, 0.1) is 0 Å². The molecule has 6 rings (SSSR count). The van der Waals surface area contributed by atoms with E-state index in [0.29, 0.717) is 11.5 Å². The van der Waals surface area contributed by atoms with Crippen molar-refractivity contribution in [2.24, 2.45) is 0 Å². The van der Waals surface area contributed by atoms with Gasteiger partial charge in [0.15, 0.2) is 0 Å². The zero-order valence-corrected chi connectivity index (χ0v) is 39.1. The maximum atomic E-state index is 13.7. The Morgan fingerprint density at radius 3 is 1.94 bits per heavy atom. The van der Waals surface area contributed by atoms with Crippen molar-refractivity contribution in [1.82, 2.24) is 19.3 Å². The van der Waals surface area contributed by atoms with E-state index in [0.717, 1.165) is 20.3 Å². The van der Waals surface area contributed by atoms with E-state index < -0.39 is 68.4 Å². The summed E-state index contributed by atoms with van der Waals surface area (Å²) in [5.74, 6) is 1.29. The fraction of sp³-hybridized carbons (Fsp3) is 0.370. The fourth-order valence-electron chi connectivity index (χ4n) is 7.83. The minimum atomic E-state index is -2.56. The molecule has 0 spiro atoms. The molecule has 1 aliphatic heterocycles. The van der Waals surface area contributed by atoms with E-state index >= 15 is 0 Å². The number of rotatable bonds is 19. The van der Waals surface area contributed by atoms with Crippen LogP contribution in [0.2, 0.25) is 0 Å². The summed E-state index contributed by atoms with van der Waals surface area (Å²) in [7, 11) is 0.638. The number of benzene rings is 4. The number of nitriles is 1. The number of aromatic nitrogens is 2. The predicted molar refractivity (Wildman–Crippen MR) is 238 cm³/mol. The van der Waals surface area contributed by atoms with Crippen molar-refractivity contribution >= 4 is 33.1 Å². The maximum absolute atomic E-state index is 13.7. The average molecular weight is 980 g/mol. The molecule has 1 saturated heterocycles. The molecule has 0 saturated carbocycles. The van der Waals surface area contributed by atoms with Crippen LogP contribution in [0.4, 0.5) is 0 Å². The van der Waals surface area contributed by atoms with E-state index in [2.05, 4.69) is 11.1 Å². The number of nitrogens with zero attached hydrogens (tertiary/aromatic N) is 4. The summed E-state index contributed by atoms with van der Waals surface area (Å²) in [4.78, 5) is 41.1. The third-order valence-corrected chi connectivity index (χ3v) is 15.5. The van der Waals surface area contributed by atoms with Crippen LogP contribution in [0.15, 0.2) is 125 Å². The van der Waals surface area contributed by atoms with Crippen molar-refractivity contribution in [3.63, 3.8) is 0 Å². The molecule has 0 aliphatic carbocycles. The monoisotopic (exact) mass is 981 g/mol. The van der Waals surface area contributed by atoms with E-state index in [1.54, 1.807) is 25.9 Å². The molecule has 0 radical (unpaired) electrons. The SMILES string of the molecule is COc1ccc(C(OC[C@H]2O[C@@H](n3cc(C)c(=O)[nH]c3=O)[C@@](O)([Te]c3ccccc3)[C@@H]2OP(O)N(CCC#N)N(C(C)C)C(C)C)(c2ccccc2)c2ccc(OC)cc2)cc1. The van der Waals surface area contributed by atoms with E-state index in [9.17, 15) is 24.9 Å². The third-order valence-electron chi connectivity index (χ3n) is 10.6. The third kappa shape index (κ3) is 10.0. The van der Waals surface area contributed by atoms with Gasteiger partial charge in [-0.1, -0.05) is 0 Å². The first-order valence-corrected chi connectivity index (χ1v) is 23.8. The van der Waals surface area contributed by atoms with Crippen molar-refractivity contribution in [1.29, 1.82) is 5.26 Å². The van der Waals surface area contributed by atoms with E-state index in [1.807, 2.05) is 142 Å². The van der Waals surface area contributed by atoms with Gasteiger partial charge in [0.25, 0.3) is 0 Å². The Hall–Kier alpha value is -4.41. The molecule has 328 valence electrons. The van der Waals surface area contributed by atoms with Gasteiger partial charge in [0, 0.05) is 0 Å². The zero-order valence-electron chi connectivity index (χ0n) is 35.9. The van der Waals surface area contributed by atoms with E-state index in [-0.39, 0.29) is 37.2 Å². The number of methoxy groups -OCH3 is 2. The molecule has 4 aromatic carbocycles. The van der Waals surface area contributed by atoms with Gasteiger partial charge in [-0.3, -0.25) is 0 Å². The molecule has 1 aliphatic rings. The minimum absolute atomic E-state index is 0.0901. The van der Waals surface area contributed by atoms with Crippen LogP contribution in [-0.4, -0.2) is 106 Å². The number of hydrogen-bond donors (Lipinski definition) is 3. The Labute approximate surface area is 373 Å². The molecule has 1 aromatic heterocycles. The number of nitrogens with one attached hydrogen (secondary N) is 1. The van der Waals surface area contributed by atoms with Crippen molar-refractivity contribution in [2.45, 2.75) is 80.8 Å².